The zero-order chi connectivity index (χ0) is 28.9. The molecule has 4 heterocycles. The fourth-order valence-electron chi connectivity index (χ4n) is 5.39. The average Bonchev–Trinajstić information content (AvgIpc) is 3.00. The van der Waals surface area contributed by atoms with Crippen molar-refractivity contribution in [3.8, 4) is 11.3 Å². The Morgan fingerprint density at radius 2 is 1.88 bits per heavy atom. The lowest BCUT2D eigenvalue weighted by atomic mass is 9.92. The second kappa shape index (κ2) is 12.4. The van der Waals surface area contributed by atoms with Crippen molar-refractivity contribution >= 4 is 28.5 Å². The van der Waals surface area contributed by atoms with E-state index >= 15 is 0 Å². The van der Waals surface area contributed by atoms with Crippen molar-refractivity contribution in [2.24, 2.45) is 5.92 Å². The summed E-state index contributed by atoms with van der Waals surface area (Å²) in [4.78, 5) is 43.7. The summed E-state index contributed by atoms with van der Waals surface area (Å²) < 4.78 is 14.8. The van der Waals surface area contributed by atoms with Crippen LogP contribution in [0.15, 0.2) is 55.1 Å². The quantitative estimate of drug-likeness (QED) is 0.327. The van der Waals surface area contributed by atoms with Crippen LogP contribution in [0, 0.1) is 11.7 Å². The molecule has 41 heavy (non-hydrogen) atoms. The molecule has 5 rings (SSSR count). The molecule has 10 heteroatoms. The van der Waals surface area contributed by atoms with E-state index in [1.807, 2.05) is 36.2 Å². The minimum Gasteiger partial charge on any atom is -0.369 e. The van der Waals surface area contributed by atoms with Crippen LogP contribution in [-0.2, 0) is 11.2 Å². The smallest absolute Gasteiger partial charge is 0.251 e. The number of benzene rings is 1. The van der Waals surface area contributed by atoms with Crippen molar-refractivity contribution in [2.75, 3.05) is 32.0 Å². The third-order valence-electron chi connectivity index (χ3n) is 7.81. The van der Waals surface area contributed by atoms with Gasteiger partial charge in [-0.3, -0.25) is 19.6 Å². The minimum absolute atomic E-state index is 0.0489. The first-order chi connectivity index (χ1) is 19.8. The fraction of sp³-hybridized carbons (Fsp3) is 0.355. The van der Waals surface area contributed by atoms with Gasteiger partial charge in [0.25, 0.3) is 5.91 Å². The number of anilines is 1. The van der Waals surface area contributed by atoms with Crippen LogP contribution >= 0.6 is 0 Å². The van der Waals surface area contributed by atoms with E-state index in [2.05, 4.69) is 30.6 Å². The van der Waals surface area contributed by atoms with E-state index in [4.69, 9.17) is 0 Å². The van der Waals surface area contributed by atoms with Gasteiger partial charge in [0.15, 0.2) is 0 Å². The Balaban J connectivity index is 1.24. The van der Waals surface area contributed by atoms with E-state index in [1.54, 1.807) is 13.0 Å². The zero-order valence-corrected chi connectivity index (χ0v) is 23.5. The van der Waals surface area contributed by atoms with Gasteiger partial charge in [-0.15, -0.1) is 0 Å². The summed E-state index contributed by atoms with van der Waals surface area (Å²) >= 11 is 0. The molecular formula is C31H34FN7O2. The van der Waals surface area contributed by atoms with Crippen molar-refractivity contribution in [3.63, 3.8) is 0 Å². The molecule has 0 radical (unpaired) electrons. The van der Waals surface area contributed by atoms with Crippen molar-refractivity contribution < 1.29 is 14.0 Å². The molecule has 0 aliphatic carbocycles. The molecule has 0 bridgehead atoms. The maximum absolute atomic E-state index is 14.8. The van der Waals surface area contributed by atoms with Crippen LogP contribution in [0.25, 0.3) is 22.2 Å². The lowest BCUT2D eigenvalue weighted by Gasteiger charge is -2.31. The predicted molar refractivity (Wildman–Crippen MR) is 156 cm³/mol. The number of carbonyl (C=O) groups excluding carboxylic acids is 2. The standard InChI is InChI=1S/C31H34FN7O2/c1-19(24-6-7-26(32)29-25(31(41)33-3)8-11-34-30(24)29)16-36-28-15-27(37-18-38-28)22-4-5-23(35-17-22)14-21-9-12-39(13-10-21)20(2)40/h4-8,11,15,17-19,21H,9-10,12-14,16H2,1-3H3,(H,33,41)(H,36,37,38). The molecule has 212 valence electrons. The van der Waals surface area contributed by atoms with E-state index in [1.165, 1.54) is 31.7 Å². The average molecular weight is 556 g/mol. The van der Waals surface area contributed by atoms with Gasteiger partial charge in [0.1, 0.15) is 18.0 Å². The Bertz CT molecular complexity index is 1550. The Morgan fingerprint density at radius 1 is 1.07 bits per heavy atom. The lowest BCUT2D eigenvalue weighted by molar-refractivity contribution is -0.130. The highest BCUT2D eigenvalue weighted by Crippen LogP contribution is 2.29. The molecule has 1 aliphatic heterocycles. The highest BCUT2D eigenvalue weighted by atomic mass is 19.1. The normalized spacial score (nSPS) is 14.6. The number of amides is 2. The molecule has 0 saturated carbocycles. The monoisotopic (exact) mass is 555 g/mol. The Hall–Kier alpha value is -4.47. The molecule has 2 N–H and O–H groups in total. The lowest BCUT2D eigenvalue weighted by Crippen LogP contribution is -2.37. The number of piperidine rings is 1. The largest absolute Gasteiger partial charge is 0.369 e. The van der Waals surface area contributed by atoms with Gasteiger partial charge in [0.05, 0.1) is 16.8 Å². The van der Waals surface area contributed by atoms with Crippen LogP contribution in [0.4, 0.5) is 10.2 Å². The van der Waals surface area contributed by atoms with Crippen LogP contribution in [0.1, 0.15) is 54.2 Å². The third-order valence-corrected chi connectivity index (χ3v) is 7.81. The number of fused-ring (bicyclic) bond motifs is 1. The zero-order valence-electron chi connectivity index (χ0n) is 23.5. The predicted octanol–water partition coefficient (Wildman–Crippen LogP) is 4.60. The topological polar surface area (TPSA) is 113 Å². The Morgan fingerprint density at radius 3 is 2.59 bits per heavy atom. The number of nitrogens with zero attached hydrogens (tertiary/aromatic N) is 5. The number of aromatic nitrogens is 4. The summed E-state index contributed by atoms with van der Waals surface area (Å²) in [5.74, 6) is 0.459. The molecule has 1 fully saturated rings. The molecule has 1 aliphatic rings. The van der Waals surface area contributed by atoms with Gasteiger partial charge < -0.3 is 15.5 Å². The number of hydrogen-bond donors (Lipinski definition) is 2. The molecule has 2 amide bonds. The van der Waals surface area contributed by atoms with Gasteiger partial charge in [0, 0.05) is 74.6 Å². The van der Waals surface area contributed by atoms with Crippen molar-refractivity contribution in [3.05, 3.63) is 77.8 Å². The molecule has 0 spiro atoms. The van der Waals surface area contributed by atoms with E-state index in [-0.39, 0.29) is 28.7 Å². The van der Waals surface area contributed by atoms with E-state index in [0.29, 0.717) is 23.8 Å². The maximum atomic E-state index is 14.8. The third kappa shape index (κ3) is 6.32. The highest BCUT2D eigenvalue weighted by Gasteiger charge is 2.22. The molecule has 3 aromatic heterocycles. The van der Waals surface area contributed by atoms with E-state index < -0.39 is 5.82 Å². The Labute approximate surface area is 238 Å². The molecule has 1 saturated heterocycles. The van der Waals surface area contributed by atoms with Crippen molar-refractivity contribution in [1.82, 2.24) is 30.2 Å². The van der Waals surface area contributed by atoms with Crippen LogP contribution in [0.2, 0.25) is 0 Å². The van der Waals surface area contributed by atoms with Gasteiger partial charge in [-0.2, -0.15) is 0 Å². The molecular weight excluding hydrogens is 521 g/mol. The van der Waals surface area contributed by atoms with E-state index in [9.17, 15) is 14.0 Å². The first-order valence-electron chi connectivity index (χ1n) is 13.9. The second-order valence-corrected chi connectivity index (χ2v) is 10.6. The SMILES string of the molecule is CNC(=O)c1ccnc2c(C(C)CNc3cc(-c4ccc(CC5CCN(C(C)=O)CC5)nc4)ncn3)ccc(F)c12. The van der Waals surface area contributed by atoms with E-state index in [0.717, 1.165) is 54.9 Å². The second-order valence-electron chi connectivity index (χ2n) is 10.6. The van der Waals surface area contributed by atoms with Crippen LogP contribution in [0.3, 0.4) is 0 Å². The Kier molecular flexibility index (Phi) is 8.47. The summed E-state index contributed by atoms with van der Waals surface area (Å²) in [6.07, 6.45) is 7.79. The number of halogens is 1. The molecule has 1 unspecified atom stereocenters. The number of rotatable bonds is 8. The molecule has 4 aromatic rings. The van der Waals surface area contributed by atoms with Gasteiger partial charge in [-0.1, -0.05) is 13.0 Å². The van der Waals surface area contributed by atoms with Crippen molar-refractivity contribution in [1.29, 1.82) is 0 Å². The van der Waals surface area contributed by atoms with Crippen LogP contribution < -0.4 is 10.6 Å². The van der Waals surface area contributed by atoms with Gasteiger partial charge in [-0.05, 0) is 55.0 Å². The van der Waals surface area contributed by atoms with Gasteiger partial charge >= 0.3 is 0 Å². The molecule has 1 aromatic carbocycles. The summed E-state index contributed by atoms with van der Waals surface area (Å²) in [7, 11) is 1.52. The summed E-state index contributed by atoms with van der Waals surface area (Å²) in [6.45, 7) is 5.80. The summed E-state index contributed by atoms with van der Waals surface area (Å²) in [5, 5.41) is 6.14. The molecule has 9 nitrogen and oxygen atoms in total. The number of pyridine rings is 2. The number of carbonyl (C=O) groups is 2. The summed E-state index contributed by atoms with van der Waals surface area (Å²) in [5.41, 5.74) is 4.26. The highest BCUT2D eigenvalue weighted by molar-refractivity contribution is 6.06. The van der Waals surface area contributed by atoms with Gasteiger partial charge in [-0.25, -0.2) is 14.4 Å². The first-order valence-corrected chi connectivity index (χ1v) is 13.9. The number of likely N-dealkylation sites (tertiary alicyclic amines) is 1. The van der Waals surface area contributed by atoms with Gasteiger partial charge in [0.2, 0.25) is 5.91 Å². The first kappa shape index (κ1) is 28.1. The fourth-order valence-corrected chi connectivity index (χ4v) is 5.39. The maximum Gasteiger partial charge on any atom is 0.251 e. The van der Waals surface area contributed by atoms with Crippen molar-refractivity contribution in [2.45, 2.75) is 39.0 Å². The van der Waals surface area contributed by atoms with Crippen LogP contribution in [0.5, 0.6) is 0 Å². The molecule has 1 atom stereocenters. The number of nitrogens with one attached hydrogen (secondary N) is 2. The van der Waals surface area contributed by atoms with Crippen LogP contribution in [-0.4, -0.2) is 63.3 Å². The number of hydrogen-bond acceptors (Lipinski definition) is 7. The summed E-state index contributed by atoms with van der Waals surface area (Å²) in [6, 6.07) is 10.6. The minimum atomic E-state index is -0.478.